The van der Waals surface area contributed by atoms with Crippen molar-refractivity contribution >= 4 is 11.9 Å². The van der Waals surface area contributed by atoms with E-state index in [4.69, 9.17) is 9.47 Å². The molecule has 0 heterocycles. The predicted octanol–water partition coefficient (Wildman–Crippen LogP) is 14.3. The molecule has 1 unspecified atom stereocenters. The van der Waals surface area contributed by atoms with Crippen LogP contribution in [-0.4, -0.2) is 36.4 Å². The quantitative estimate of drug-likeness (QED) is 0.0385. The Bertz CT molecular complexity index is 1030. The Morgan fingerprint density at radius 3 is 1.20 bits per heavy atom. The van der Waals surface area contributed by atoms with Gasteiger partial charge in [0.25, 0.3) is 0 Å². The van der Waals surface area contributed by atoms with Gasteiger partial charge in [0, 0.05) is 12.8 Å². The van der Waals surface area contributed by atoms with Crippen LogP contribution in [-0.2, 0) is 19.1 Å². The molecule has 0 radical (unpaired) electrons. The summed E-state index contributed by atoms with van der Waals surface area (Å²) in [4.78, 5) is 24.4. The number of ether oxygens (including phenoxy) is 2. The van der Waals surface area contributed by atoms with Gasteiger partial charge in [0.2, 0.25) is 0 Å². The highest BCUT2D eigenvalue weighted by Crippen LogP contribution is 2.13. The molecule has 0 aromatic heterocycles. The van der Waals surface area contributed by atoms with Crippen LogP contribution in [0.15, 0.2) is 85.1 Å². The third-order valence-electron chi connectivity index (χ3n) is 9.17. The average Bonchev–Trinajstić information content (AvgIpc) is 3.17. The van der Waals surface area contributed by atoms with Gasteiger partial charge in [-0.2, -0.15) is 0 Å². The highest BCUT2D eigenvalue weighted by Gasteiger charge is 2.16. The van der Waals surface area contributed by atoms with Crippen LogP contribution in [0.2, 0.25) is 0 Å². The Morgan fingerprint density at radius 2 is 0.796 bits per heavy atom. The highest BCUT2D eigenvalue weighted by atomic mass is 16.6. The molecule has 54 heavy (non-hydrogen) atoms. The number of aliphatic hydroxyl groups is 1. The van der Waals surface area contributed by atoms with Crippen LogP contribution in [0.4, 0.5) is 0 Å². The number of carbonyl (C=O) groups excluding carboxylic acids is 2. The lowest BCUT2D eigenvalue weighted by Gasteiger charge is -2.15. The van der Waals surface area contributed by atoms with Crippen LogP contribution in [0.1, 0.15) is 194 Å². The zero-order chi connectivity index (χ0) is 39.3. The molecule has 0 aliphatic heterocycles. The van der Waals surface area contributed by atoms with Crippen LogP contribution in [0.5, 0.6) is 0 Å². The molecule has 5 heteroatoms. The third-order valence-corrected chi connectivity index (χ3v) is 9.17. The van der Waals surface area contributed by atoms with Crippen LogP contribution >= 0.6 is 0 Å². The number of allylic oxidation sites excluding steroid dienone is 14. The Hall–Kier alpha value is -2.92. The number of carbonyl (C=O) groups is 2. The van der Waals surface area contributed by atoms with Gasteiger partial charge in [-0.05, 0) is 89.9 Å². The fourth-order valence-electron chi connectivity index (χ4n) is 5.85. The maximum atomic E-state index is 12.2. The summed E-state index contributed by atoms with van der Waals surface area (Å²) in [5, 5.41) is 9.59. The molecule has 0 spiro atoms. The number of esters is 2. The van der Waals surface area contributed by atoms with E-state index in [0.29, 0.717) is 12.8 Å². The van der Waals surface area contributed by atoms with Gasteiger partial charge in [-0.25, -0.2) is 0 Å². The normalized spacial score (nSPS) is 13.0. The summed E-state index contributed by atoms with van der Waals surface area (Å²) in [5.74, 6) is -0.619. The molecule has 0 aliphatic rings. The van der Waals surface area contributed by atoms with Crippen molar-refractivity contribution in [1.29, 1.82) is 0 Å². The molecule has 0 aromatic carbocycles. The van der Waals surface area contributed by atoms with Crippen molar-refractivity contribution in [3.63, 3.8) is 0 Å². The van der Waals surface area contributed by atoms with E-state index in [-0.39, 0.29) is 25.2 Å². The molecule has 308 valence electrons. The number of hydrogen-bond acceptors (Lipinski definition) is 5. The van der Waals surface area contributed by atoms with Crippen molar-refractivity contribution in [2.75, 3.05) is 13.2 Å². The second-order valence-electron chi connectivity index (χ2n) is 14.4. The molecule has 0 saturated carbocycles. The minimum atomic E-state index is -0.787. The zero-order valence-corrected chi connectivity index (χ0v) is 35.0. The van der Waals surface area contributed by atoms with Gasteiger partial charge in [0.1, 0.15) is 6.61 Å². The molecular weight excluding hydrogens is 669 g/mol. The van der Waals surface area contributed by atoms with E-state index < -0.39 is 6.10 Å². The minimum absolute atomic E-state index is 0.0805. The minimum Gasteiger partial charge on any atom is -0.462 e. The van der Waals surface area contributed by atoms with Gasteiger partial charge >= 0.3 is 11.9 Å². The Morgan fingerprint density at radius 1 is 0.444 bits per heavy atom. The standard InChI is InChI=1S/C49H82O5/c1-3-5-7-9-11-13-15-17-19-21-23-24-26-28-30-32-34-36-38-40-42-44-49(52)54-47(45-50)46-53-48(51)43-41-39-37-35-33-31-29-27-25-22-20-18-16-14-12-10-8-6-4-2/h5,7,11-14,17-20,23-25,27,47,50H,3-4,6,8-10,15-16,21-22,26,28-46H2,1-2H3/b7-5-,13-11-,14-12-,19-17-,20-18-,24-23-,27-25-. The Balaban J connectivity index is 3.60. The Labute approximate surface area is 333 Å². The molecule has 0 aromatic rings. The average molecular weight is 751 g/mol. The molecule has 0 amide bonds. The van der Waals surface area contributed by atoms with Crippen LogP contribution in [0, 0.1) is 0 Å². The molecule has 0 rings (SSSR count). The van der Waals surface area contributed by atoms with E-state index in [1.165, 1.54) is 77.0 Å². The smallest absolute Gasteiger partial charge is 0.306 e. The summed E-state index contributed by atoms with van der Waals surface area (Å²) in [5.41, 5.74) is 0. The molecule has 1 N–H and O–H groups in total. The number of aliphatic hydroxyl groups excluding tert-OH is 1. The highest BCUT2D eigenvalue weighted by molar-refractivity contribution is 5.70. The summed E-state index contributed by atoms with van der Waals surface area (Å²) >= 11 is 0. The molecule has 0 saturated heterocycles. The molecular formula is C49H82O5. The number of hydrogen-bond donors (Lipinski definition) is 1. The predicted molar refractivity (Wildman–Crippen MR) is 233 cm³/mol. The number of unbranched alkanes of at least 4 members (excludes halogenated alkanes) is 17. The second-order valence-corrected chi connectivity index (χ2v) is 14.4. The fraction of sp³-hybridized carbons (Fsp3) is 0.673. The van der Waals surface area contributed by atoms with Crippen molar-refractivity contribution in [1.82, 2.24) is 0 Å². The first-order chi connectivity index (χ1) is 26.6. The van der Waals surface area contributed by atoms with Crippen molar-refractivity contribution in [3.05, 3.63) is 85.1 Å². The second kappa shape index (κ2) is 44.5. The van der Waals surface area contributed by atoms with Gasteiger partial charge in [-0.3, -0.25) is 9.59 Å². The molecule has 0 aliphatic carbocycles. The van der Waals surface area contributed by atoms with Crippen molar-refractivity contribution < 1.29 is 24.2 Å². The van der Waals surface area contributed by atoms with Gasteiger partial charge in [0.15, 0.2) is 6.10 Å². The summed E-state index contributed by atoms with van der Waals surface area (Å²) < 4.78 is 10.6. The lowest BCUT2D eigenvalue weighted by atomic mass is 10.1. The lowest BCUT2D eigenvalue weighted by Crippen LogP contribution is -2.28. The van der Waals surface area contributed by atoms with Gasteiger partial charge < -0.3 is 14.6 Å². The Kier molecular flexibility index (Phi) is 42.1. The fourth-order valence-corrected chi connectivity index (χ4v) is 5.85. The zero-order valence-electron chi connectivity index (χ0n) is 35.0. The largest absolute Gasteiger partial charge is 0.462 e. The SMILES string of the molecule is CC/C=C\C/C=C\C/C=C\C/C=C\CCCCCCCCCCC(=O)OC(CO)COC(=O)CCCCCCCC/C=C\C/C=C\C/C=C\CCCCC. The lowest BCUT2D eigenvalue weighted by molar-refractivity contribution is -0.161. The third kappa shape index (κ3) is 41.8. The van der Waals surface area contributed by atoms with E-state index in [1.807, 2.05) is 0 Å². The summed E-state index contributed by atoms with van der Waals surface area (Å²) in [6, 6.07) is 0. The summed E-state index contributed by atoms with van der Waals surface area (Å²) in [6.45, 7) is 3.98. The van der Waals surface area contributed by atoms with Crippen molar-refractivity contribution in [2.24, 2.45) is 0 Å². The maximum Gasteiger partial charge on any atom is 0.306 e. The molecule has 1 atom stereocenters. The van der Waals surface area contributed by atoms with Gasteiger partial charge in [-0.15, -0.1) is 0 Å². The van der Waals surface area contributed by atoms with Gasteiger partial charge in [0.05, 0.1) is 6.61 Å². The number of rotatable bonds is 39. The molecule has 0 fully saturated rings. The topological polar surface area (TPSA) is 72.8 Å². The first-order valence-electron chi connectivity index (χ1n) is 22.1. The van der Waals surface area contributed by atoms with E-state index in [2.05, 4.69) is 98.9 Å². The van der Waals surface area contributed by atoms with E-state index in [0.717, 1.165) is 89.9 Å². The summed E-state index contributed by atoms with van der Waals surface area (Å²) in [7, 11) is 0. The van der Waals surface area contributed by atoms with Crippen LogP contribution in [0.3, 0.4) is 0 Å². The van der Waals surface area contributed by atoms with Gasteiger partial charge in [-0.1, -0.05) is 176 Å². The molecule has 0 bridgehead atoms. The summed E-state index contributed by atoms with van der Waals surface area (Å²) in [6.07, 6.45) is 60.7. The van der Waals surface area contributed by atoms with Crippen molar-refractivity contribution in [2.45, 2.75) is 200 Å². The van der Waals surface area contributed by atoms with E-state index >= 15 is 0 Å². The van der Waals surface area contributed by atoms with E-state index in [1.54, 1.807) is 0 Å². The van der Waals surface area contributed by atoms with Crippen LogP contribution < -0.4 is 0 Å². The van der Waals surface area contributed by atoms with E-state index in [9.17, 15) is 14.7 Å². The first kappa shape index (κ1) is 51.1. The van der Waals surface area contributed by atoms with Crippen LogP contribution in [0.25, 0.3) is 0 Å². The molecule has 5 nitrogen and oxygen atoms in total. The maximum absolute atomic E-state index is 12.2. The first-order valence-corrected chi connectivity index (χ1v) is 22.1. The monoisotopic (exact) mass is 751 g/mol. The van der Waals surface area contributed by atoms with Crippen molar-refractivity contribution in [3.8, 4) is 0 Å².